The van der Waals surface area contributed by atoms with E-state index in [0.717, 1.165) is 13.0 Å². The fourth-order valence-corrected chi connectivity index (χ4v) is 2.49. The maximum atomic E-state index is 11.7. The van der Waals surface area contributed by atoms with Crippen LogP contribution >= 0.6 is 0 Å². The summed E-state index contributed by atoms with van der Waals surface area (Å²) in [5.74, 6) is -0.278. The minimum absolute atomic E-state index is 0.278. The van der Waals surface area contributed by atoms with Gasteiger partial charge in [-0.1, -0.05) is 6.42 Å². The lowest BCUT2D eigenvalue weighted by Gasteiger charge is -2.33. The Balaban J connectivity index is 1.65. The van der Waals surface area contributed by atoms with Crippen LogP contribution in [0, 0.1) is 0 Å². The Morgan fingerprint density at radius 2 is 2.42 bits per heavy atom. The molecule has 1 aromatic heterocycles. The van der Waals surface area contributed by atoms with Gasteiger partial charge in [-0.05, 0) is 44.9 Å². The minimum atomic E-state index is -0.278. The van der Waals surface area contributed by atoms with Crippen LogP contribution in [0.4, 0.5) is 0 Å². The van der Waals surface area contributed by atoms with Crippen molar-refractivity contribution < 1.29 is 9.53 Å². The van der Waals surface area contributed by atoms with Gasteiger partial charge >= 0.3 is 5.97 Å². The highest BCUT2D eigenvalue weighted by atomic mass is 16.5. The summed E-state index contributed by atoms with van der Waals surface area (Å²) < 4.78 is 5.25. The average molecular weight is 262 g/mol. The molecule has 4 nitrogen and oxygen atoms in total. The molecule has 1 atom stereocenters. The summed E-state index contributed by atoms with van der Waals surface area (Å²) in [6.45, 7) is 4.96. The van der Waals surface area contributed by atoms with E-state index in [0.29, 0.717) is 18.2 Å². The quantitative estimate of drug-likeness (QED) is 0.604. The molecular weight excluding hydrogens is 240 g/mol. The van der Waals surface area contributed by atoms with Gasteiger partial charge < -0.3 is 9.64 Å². The van der Waals surface area contributed by atoms with Gasteiger partial charge in [0.25, 0.3) is 0 Å². The number of likely N-dealkylation sites (tertiary alicyclic amines) is 1. The molecule has 104 valence electrons. The van der Waals surface area contributed by atoms with Crippen molar-refractivity contribution in [1.29, 1.82) is 0 Å². The van der Waals surface area contributed by atoms with Crippen molar-refractivity contribution >= 4 is 5.97 Å². The molecule has 2 heterocycles. The second-order valence-corrected chi connectivity index (χ2v) is 5.11. The van der Waals surface area contributed by atoms with Crippen LogP contribution in [-0.2, 0) is 4.74 Å². The lowest BCUT2D eigenvalue weighted by atomic mass is 10.0. The SMILES string of the molecule is CC1CCCCN1CCCOC(=O)c1cccnc1. The van der Waals surface area contributed by atoms with Crippen LogP contribution in [0.1, 0.15) is 43.0 Å². The standard InChI is InChI=1S/C15H22N2O2/c1-13-6-2-3-9-17(13)10-5-11-19-15(18)14-7-4-8-16-12-14/h4,7-8,12-13H,2-3,5-6,9-11H2,1H3. The monoisotopic (exact) mass is 262 g/mol. The number of rotatable bonds is 5. The topological polar surface area (TPSA) is 42.4 Å². The molecule has 1 fully saturated rings. The number of piperidine rings is 1. The number of carbonyl (C=O) groups excluding carboxylic acids is 1. The van der Waals surface area contributed by atoms with Gasteiger partial charge in [0.2, 0.25) is 0 Å². The largest absolute Gasteiger partial charge is 0.462 e. The van der Waals surface area contributed by atoms with Gasteiger partial charge in [0.05, 0.1) is 12.2 Å². The van der Waals surface area contributed by atoms with Crippen molar-refractivity contribution in [1.82, 2.24) is 9.88 Å². The number of ether oxygens (including phenoxy) is 1. The van der Waals surface area contributed by atoms with Crippen LogP contribution in [0.15, 0.2) is 24.5 Å². The maximum Gasteiger partial charge on any atom is 0.339 e. The van der Waals surface area contributed by atoms with E-state index in [1.54, 1.807) is 18.3 Å². The van der Waals surface area contributed by atoms with Gasteiger partial charge in [0, 0.05) is 25.0 Å². The van der Waals surface area contributed by atoms with E-state index in [2.05, 4.69) is 16.8 Å². The number of aromatic nitrogens is 1. The average Bonchev–Trinajstić information content (AvgIpc) is 2.46. The van der Waals surface area contributed by atoms with Crippen molar-refractivity contribution in [3.8, 4) is 0 Å². The molecule has 1 unspecified atom stereocenters. The van der Waals surface area contributed by atoms with Crippen LogP contribution in [0.5, 0.6) is 0 Å². The Morgan fingerprint density at radius 1 is 1.53 bits per heavy atom. The van der Waals surface area contributed by atoms with Gasteiger partial charge in [-0.2, -0.15) is 0 Å². The molecule has 0 aliphatic carbocycles. The molecule has 4 heteroatoms. The molecule has 1 aliphatic rings. The van der Waals surface area contributed by atoms with E-state index < -0.39 is 0 Å². The Kier molecular flexibility index (Phi) is 5.33. The zero-order chi connectivity index (χ0) is 13.5. The van der Waals surface area contributed by atoms with Gasteiger partial charge in [-0.15, -0.1) is 0 Å². The number of carbonyl (C=O) groups is 1. The van der Waals surface area contributed by atoms with Crippen LogP contribution < -0.4 is 0 Å². The Labute approximate surface area is 114 Å². The van der Waals surface area contributed by atoms with E-state index in [9.17, 15) is 4.79 Å². The van der Waals surface area contributed by atoms with Crippen molar-refractivity contribution in [3.63, 3.8) is 0 Å². The summed E-state index contributed by atoms with van der Waals surface area (Å²) in [5.41, 5.74) is 0.522. The van der Waals surface area contributed by atoms with Crippen LogP contribution in [0.25, 0.3) is 0 Å². The van der Waals surface area contributed by atoms with E-state index in [1.165, 1.54) is 32.0 Å². The normalized spacial score (nSPS) is 20.2. The first-order chi connectivity index (χ1) is 9.27. The molecule has 0 spiro atoms. The highest BCUT2D eigenvalue weighted by Gasteiger charge is 2.17. The summed E-state index contributed by atoms with van der Waals surface area (Å²) >= 11 is 0. The summed E-state index contributed by atoms with van der Waals surface area (Å²) in [5, 5.41) is 0. The Morgan fingerprint density at radius 3 is 3.16 bits per heavy atom. The fourth-order valence-electron chi connectivity index (χ4n) is 2.49. The van der Waals surface area contributed by atoms with Crippen molar-refractivity contribution in [2.24, 2.45) is 0 Å². The lowest BCUT2D eigenvalue weighted by Crippen LogP contribution is -2.38. The third-order valence-electron chi connectivity index (χ3n) is 3.66. The lowest BCUT2D eigenvalue weighted by molar-refractivity contribution is 0.0475. The van der Waals surface area contributed by atoms with Crippen LogP contribution in [-0.4, -0.2) is 41.6 Å². The Hall–Kier alpha value is -1.42. The van der Waals surface area contributed by atoms with Gasteiger partial charge in [-0.3, -0.25) is 4.98 Å². The molecule has 0 bridgehead atoms. The summed E-state index contributed by atoms with van der Waals surface area (Å²) in [4.78, 5) is 18.1. The van der Waals surface area contributed by atoms with Gasteiger partial charge in [-0.25, -0.2) is 4.79 Å². The van der Waals surface area contributed by atoms with Crippen molar-refractivity contribution in [2.45, 2.75) is 38.6 Å². The zero-order valence-electron chi connectivity index (χ0n) is 11.5. The number of pyridine rings is 1. The molecule has 19 heavy (non-hydrogen) atoms. The highest BCUT2D eigenvalue weighted by Crippen LogP contribution is 2.16. The smallest absolute Gasteiger partial charge is 0.339 e. The Bertz CT molecular complexity index is 394. The number of esters is 1. The van der Waals surface area contributed by atoms with Crippen LogP contribution in [0.2, 0.25) is 0 Å². The molecule has 0 saturated carbocycles. The predicted molar refractivity (Wildman–Crippen MR) is 74.0 cm³/mol. The van der Waals surface area contributed by atoms with Crippen LogP contribution in [0.3, 0.4) is 0 Å². The maximum absolute atomic E-state index is 11.7. The zero-order valence-corrected chi connectivity index (χ0v) is 11.5. The van der Waals surface area contributed by atoms with E-state index in [1.807, 2.05) is 0 Å². The fraction of sp³-hybridized carbons (Fsp3) is 0.600. The molecular formula is C15H22N2O2. The second kappa shape index (κ2) is 7.24. The van der Waals surface area contributed by atoms with E-state index >= 15 is 0 Å². The van der Waals surface area contributed by atoms with E-state index in [4.69, 9.17) is 4.74 Å². The predicted octanol–water partition coefficient (Wildman–Crippen LogP) is 2.50. The third kappa shape index (κ3) is 4.31. The second-order valence-electron chi connectivity index (χ2n) is 5.11. The molecule has 1 aromatic rings. The molecule has 0 radical (unpaired) electrons. The van der Waals surface area contributed by atoms with Gasteiger partial charge in [0.1, 0.15) is 0 Å². The third-order valence-corrected chi connectivity index (χ3v) is 3.66. The summed E-state index contributed by atoms with van der Waals surface area (Å²) in [6.07, 6.45) is 8.00. The number of hydrogen-bond donors (Lipinski definition) is 0. The summed E-state index contributed by atoms with van der Waals surface area (Å²) in [6, 6.07) is 4.14. The highest BCUT2D eigenvalue weighted by molar-refractivity contribution is 5.88. The van der Waals surface area contributed by atoms with E-state index in [-0.39, 0.29) is 5.97 Å². The molecule has 1 saturated heterocycles. The first kappa shape index (κ1) is 14.0. The summed E-state index contributed by atoms with van der Waals surface area (Å²) in [7, 11) is 0. The number of nitrogens with zero attached hydrogens (tertiary/aromatic N) is 2. The molecule has 0 N–H and O–H groups in total. The number of hydrogen-bond acceptors (Lipinski definition) is 4. The molecule has 0 amide bonds. The molecule has 2 rings (SSSR count). The first-order valence-corrected chi connectivity index (χ1v) is 7.08. The minimum Gasteiger partial charge on any atom is -0.462 e. The molecule has 0 aromatic carbocycles. The van der Waals surface area contributed by atoms with Crippen molar-refractivity contribution in [3.05, 3.63) is 30.1 Å². The van der Waals surface area contributed by atoms with Crippen molar-refractivity contribution in [2.75, 3.05) is 19.7 Å². The molecule has 1 aliphatic heterocycles. The first-order valence-electron chi connectivity index (χ1n) is 7.08. The van der Waals surface area contributed by atoms with Gasteiger partial charge in [0.15, 0.2) is 0 Å².